The number of nitrogens with two attached hydrogens (primary N) is 1. The highest BCUT2D eigenvalue weighted by molar-refractivity contribution is 7.80. The van der Waals surface area contributed by atoms with Gasteiger partial charge >= 0.3 is 0 Å². The van der Waals surface area contributed by atoms with E-state index in [1.165, 1.54) is 44.2 Å². The molecule has 1 heterocycles. The summed E-state index contributed by atoms with van der Waals surface area (Å²) in [5.74, 6) is 0.179. The van der Waals surface area contributed by atoms with Crippen molar-refractivity contribution >= 4 is 17.2 Å². The summed E-state index contributed by atoms with van der Waals surface area (Å²) in [5, 5.41) is 0. The van der Waals surface area contributed by atoms with Crippen LogP contribution in [0.2, 0.25) is 0 Å². The summed E-state index contributed by atoms with van der Waals surface area (Å²) < 4.78 is 0. The summed E-state index contributed by atoms with van der Waals surface area (Å²) >= 11 is 5.33. The molecule has 1 aliphatic rings. The SMILES string of the molecule is CCC1CCCCCN1CC(C(N)=S)c1ccccc1. The summed E-state index contributed by atoms with van der Waals surface area (Å²) in [6.07, 6.45) is 6.55. The first-order valence-electron chi connectivity index (χ1n) is 7.80. The van der Waals surface area contributed by atoms with E-state index in [2.05, 4.69) is 36.1 Å². The first kappa shape index (κ1) is 15.5. The largest absolute Gasteiger partial charge is 0.393 e. The van der Waals surface area contributed by atoms with Gasteiger partial charge in [0.15, 0.2) is 0 Å². The van der Waals surface area contributed by atoms with E-state index in [0.29, 0.717) is 11.0 Å². The average molecular weight is 290 g/mol. The fourth-order valence-electron chi connectivity index (χ4n) is 3.22. The average Bonchev–Trinajstić information content (AvgIpc) is 2.70. The quantitative estimate of drug-likeness (QED) is 0.838. The van der Waals surface area contributed by atoms with Crippen molar-refractivity contribution in [1.82, 2.24) is 4.90 Å². The van der Waals surface area contributed by atoms with Crippen LogP contribution in [0.5, 0.6) is 0 Å². The van der Waals surface area contributed by atoms with Gasteiger partial charge < -0.3 is 5.73 Å². The first-order chi connectivity index (χ1) is 9.72. The van der Waals surface area contributed by atoms with Crippen LogP contribution in [-0.4, -0.2) is 29.0 Å². The summed E-state index contributed by atoms with van der Waals surface area (Å²) in [6.45, 7) is 4.45. The Balaban J connectivity index is 2.12. The van der Waals surface area contributed by atoms with Gasteiger partial charge in [0.1, 0.15) is 0 Å². The third-order valence-electron chi connectivity index (χ3n) is 4.43. The number of rotatable bonds is 5. The van der Waals surface area contributed by atoms with Crippen molar-refractivity contribution in [3.05, 3.63) is 35.9 Å². The molecular weight excluding hydrogens is 264 g/mol. The predicted octanol–water partition coefficient (Wildman–Crippen LogP) is 3.71. The Morgan fingerprint density at radius 2 is 2.05 bits per heavy atom. The predicted molar refractivity (Wildman–Crippen MR) is 90.1 cm³/mol. The van der Waals surface area contributed by atoms with Crippen LogP contribution in [0.3, 0.4) is 0 Å². The fourth-order valence-corrected chi connectivity index (χ4v) is 3.43. The number of hydrogen-bond acceptors (Lipinski definition) is 2. The van der Waals surface area contributed by atoms with Crippen LogP contribution < -0.4 is 5.73 Å². The minimum absolute atomic E-state index is 0.179. The van der Waals surface area contributed by atoms with Gasteiger partial charge in [-0.05, 0) is 31.4 Å². The number of benzene rings is 1. The van der Waals surface area contributed by atoms with Crippen molar-refractivity contribution in [2.45, 2.75) is 51.0 Å². The summed E-state index contributed by atoms with van der Waals surface area (Å²) in [5.41, 5.74) is 7.27. The Kier molecular flexibility index (Phi) is 5.99. The van der Waals surface area contributed by atoms with Gasteiger partial charge in [-0.15, -0.1) is 0 Å². The normalized spacial score (nSPS) is 22.1. The van der Waals surface area contributed by atoms with E-state index in [9.17, 15) is 0 Å². The molecule has 0 amide bonds. The summed E-state index contributed by atoms with van der Waals surface area (Å²) in [6, 6.07) is 11.2. The maximum Gasteiger partial charge on any atom is 0.0816 e. The van der Waals surface area contributed by atoms with E-state index in [1.807, 2.05) is 6.07 Å². The molecule has 2 atom stereocenters. The molecule has 3 heteroatoms. The highest BCUT2D eigenvalue weighted by Gasteiger charge is 2.24. The lowest BCUT2D eigenvalue weighted by Gasteiger charge is -2.32. The lowest BCUT2D eigenvalue weighted by atomic mass is 9.97. The van der Waals surface area contributed by atoms with Gasteiger partial charge in [0.2, 0.25) is 0 Å². The van der Waals surface area contributed by atoms with Gasteiger partial charge in [-0.25, -0.2) is 0 Å². The van der Waals surface area contributed by atoms with E-state index in [0.717, 1.165) is 6.54 Å². The molecule has 1 fully saturated rings. The Hall–Kier alpha value is -0.930. The zero-order valence-electron chi connectivity index (χ0n) is 12.4. The maximum atomic E-state index is 6.02. The van der Waals surface area contributed by atoms with Crippen LogP contribution in [0.1, 0.15) is 50.5 Å². The zero-order chi connectivity index (χ0) is 14.4. The van der Waals surface area contributed by atoms with E-state index in [-0.39, 0.29) is 5.92 Å². The molecule has 2 N–H and O–H groups in total. The maximum absolute atomic E-state index is 6.02. The molecule has 2 nitrogen and oxygen atoms in total. The van der Waals surface area contributed by atoms with Gasteiger partial charge in [-0.3, -0.25) is 4.90 Å². The van der Waals surface area contributed by atoms with Crippen molar-refractivity contribution in [2.75, 3.05) is 13.1 Å². The molecule has 0 saturated carbocycles. The third-order valence-corrected chi connectivity index (χ3v) is 4.72. The molecule has 1 aliphatic heterocycles. The van der Waals surface area contributed by atoms with Gasteiger partial charge in [0.25, 0.3) is 0 Å². The second-order valence-corrected chi connectivity index (χ2v) is 6.24. The topological polar surface area (TPSA) is 29.3 Å². The first-order valence-corrected chi connectivity index (χ1v) is 8.21. The van der Waals surface area contributed by atoms with Gasteiger partial charge in [0, 0.05) is 18.5 Å². The molecule has 0 bridgehead atoms. The molecule has 1 saturated heterocycles. The Morgan fingerprint density at radius 3 is 2.70 bits per heavy atom. The Labute approximate surface area is 128 Å². The highest BCUT2D eigenvalue weighted by Crippen LogP contribution is 2.24. The second-order valence-electron chi connectivity index (χ2n) is 5.77. The molecular formula is C17H26N2S. The number of thiocarbonyl (C=S) groups is 1. The molecule has 110 valence electrons. The molecule has 0 aromatic heterocycles. The van der Waals surface area contributed by atoms with Crippen molar-refractivity contribution in [2.24, 2.45) is 5.73 Å². The number of likely N-dealkylation sites (tertiary alicyclic amines) is 1. The lowest BCUT2D eigenvalue weighted by molar-refractivity contribution is 0.193. The summed E-state index contributed by atoms with van der Waals surface area (Å²) in [7, 11) is 0. The molecule has 20 heavy (non-hydrogen) atoms. The van der Waals surface area contributed by atoms with Gasteiger partial charge in [0.05, 0.1) is 4.99 Å². The number of nitrogens with zero attached hydrogens (tertiary/aromatic N) is 1. The standard InChI is InChI=1S/C17H26N2S/c1-2-15-11-7-4-8-12-19(15)13-16(17(18)20)14-9-5-3-6-10-14/h3,5-6,9-10,15-16H,2,4,7-8,11-13H2,1H3,(H2,18,20). The lowest BCUT2D eigenvalue weighted by Crippen LogP contribution is -2.40. The minimum Gasteiger partial charge on any atom is -0.393 e. The molecule has 0 radical (unpaired) electrons. The molecule has 2 unspecified atom stereocenters. The van der Waals surface area contributed by atoms with Crippen LogP contribution in [-0.2, 0) is 0 Å². The molecule has 1 aromatic rings. The zero-order valence-corrected chi connectivity index (χ0v) is 13.2. The molecule has 1 aromatic carbocycles. The third kappa shape index (κ3) is 4.03. The monoisotopic (exact) mass is 290 g/mol. The smallest absolute Gasteiger partial charge is 0.0816 e. The van der Waals surface area contributed by atoms with Crippen molar-refractivity contribution in [3.63, 3.8) is 0 Å². The number of hydrogen-bond donors (Lipinski definition) is 1. The van der Waals surface area contributed by atoms with Crippen LogP contribution >= 0.6 is 12.2 Å². The Morgan fingerprint density at radius 1 is 1.30 bits per heavy atom. The van der Waals surface area contributed by atoms with Crippen molar-refractivity contribution < 1.29 is 0 Å². The van der Waals surface area contributed by atoms with E-state index in [1.54, 1.807) is 0 Å². The van der Waals surface area contributed by atoms with Crippen LogP contribution in [0.25, 0.3) is 0 Å². The molecule has 0 aliphatic carbocycles. The van der Waals surface area contributed by atoms with E-state index < -0.39 is 0 Å². The van der Waals surface area contributed by atoms with Gasteiger partial charge in [-0.1, -0.05) is 62.3 Å². The molecule has 0 spiro atoms. The van der Waals surface area contributed by atoms with Crippen LogP contribution in [0.4, 0.5) is 0 Å². The van der Waals surface area contributed by atoms with Crippen molar-refractivity contribution in [3.8, 4) is 0 Å². The van der Waals surface area contributed by atoms with E-state index >= 15 is 0 Å². The van der Waals surface area contributed by atoms with Crippen molar-refractivity contribution in [1.29, 1.82) is 0 Å². The second kappa shape index (κ2) is 7.75. The van der Waals surface area contributed by atoms with Crippen LogP contribution in [0, 0.1) is 0 Å². The van der Waals surface area contributed by atoms with Crippen LogP contribution in [0.15, 0.2) is 30.3 Å². The molecule has 2 rings (SSSR count). The van der Waals surface area contributed by atoms with Gasteiger partial charge in [-0.2, -0.15) is 0 Å². The Bertz CT molecular complexity index is 418. The fraction of sp³-hybridized carbons (Fsp3) is 0.588. The highest BCUT2D eigenvalue weighted by atomic mass is 32.1. The van der Waals surface area contributed by atoms with E-state index in [4.69, 9.17) is 18.0 Å². The summed E-state index contributed by atoms with van der Waals surface area (Å²) in [4.78, 5) is 3.24. The minimum atomic E-state index is 0.179.